The number of anilines is 1. The van der Waals surface area contributed by atoms with Crippen molar-refractivity contribution in [1.82, 2.24) is 0 Å². The van der Waals surface area contributed by atoms with Crippen LogP contribution in [0.2, 0.25) is 0 Å². The lowest BCUT2D eigenvalue weighted by Crippen LogP contribution is -1.84. The maximum absolute atomic E-state index is 8.33. The van der Waals surface area contributed by atoms with Crippen LogP contribution in [0.25, 0.3) is 0 Å². The van der Waals surface area contributed by atoms with Gasteiger partial charge in [0.05, 0.1) is 10.2 Å². The van der Waals surface area contributed by atoms with Crippen molar-refractivity contribution in [3.63, 3.8) is 0 Å². The van der Waals surface area contributed by atoms with E-state index in [9.17, 15) is 0 Å². The third kappa shape index (κ3) is 1.02. The van der Waals surface area contributed by atoms with Gasteiger partial charge in [-0.15, -0.1) is 11.3 Å². The lowest BCUT2D eigenvalue weighted by molar-refractivity contribution is 0.389. The van der Waals surface area contributed by atoms with E-state index in [1.54, 1.807) is 0 Å². The van der Waals surface area contributed by atoms with Gasteiger partial charge in [0.1, 0.15) is 0 Å². The third-order valence-electron chi connectivity index (χ3n) is 0.735. The average Bonchev–Trinajstić information content (AvgIpc) is 2.14. The van der Waals surface area contributed by atoms with Crippen LogP contribution in [-0.4, -0.2) is 5.21 Å². The predicted molar refractivity (Wildman–Crippen MR) is 37.4 cm³/mol. The topological polar surface area (TPSA) is 32.3 Å². The van der Waals surface area contributed by atoms with Crippen LogP contribution in [-0.2, 0) is 0 Å². The second-order valence-electron chi connectivity index (χ2n) is 1.25. The lowest BCUT2D eigenvalue weighted by Gasteiger charge is -1.89. The van der Waals surface area contributed by atoms with E-state index in [4.69, 9.17) is 5.21 Å². The summed E-state index contributed by atoms with van der Waals surface area (Å²) in [6, 6.07) is 0. The molecule has 0 saturated heterocycles. The lowest BCUT2D eigenvalue weighted by atomic mass is 10.6. The number of hydrogen-bond acceptors (Lipinski definition) is 3. The summed E-state index contributed by atoms with van der Waals surface area (Å²) in [5, 5.41) is 12.0. The standard InChI is InChI=1S/C4H4BrNOS/c5-3-1-8-2-4(3)6-7/h1-2,6-7H. The third-order valence-corrected chi connectivity index (χ3v) is 2.44. The number of hydrogen-bond donors (Lipinski definition) is 2. The summed E-state index contributed by atoms with van der Waals surface area (Å²) in [5.41, 5.74) is 2.76. The Hall–Kier alpha value is -0.0600. The highest BCUT2D eigenvalue weighted by molar-refractivity contribution is 9.10. The molecule has 0 amide bonds. The molecule has 0 aliphatic carbocycles. The Balaban J connectivity index is 2.92. The molecule has 2 N–H and O–H groups in total. The van der Waals surface area contributed by atoms with E-state index in [1.807, 2.05) is 16.2 Å². The van der Waals surface area contributed by atoms with Crippen LogP contribution in [0.1, 0.15) is 0 Å². The van der Waals surface area contributed by atoms with E-state index in [0.717, 1.165) is 10.2 Å². The first kappa shape index (κ1) is 6.07. The summed E-state index contributed by atoms with van der Waals surface area (Å²) in [5.74, 6) is 0. The van der Waals surface area contributed by atoms with Gasteiger partial charge in [-0.3, -0.25) is 10.7 Å². The van der Waals surface area contributed by atoms with Gasteiger partial charge in [-0.25, -0.2) is 0 Å². The molecule has 2 nitrogen and oxygen atoms in total. The number of thiophene rings is 1. The molecule has 1 aromatic heterocycles. The van der Waals surface area contributed by atoms with Crippen LogP contribution in [0, 0.1) is 0 Å². The van der Waals surface area contributed by atoms with Crippen molar-refractivity contribution in [2.75, 3.05) is 5.48 Å². The molecule has 0 aliphatic rings. The van der Waals surface area contributed by atoms with Gasteiger partial charge in [-0.2, -0.15) is 0 Å². The summed E-state index contributed by atoms with van der Waals surface area (Å²) in [6.07, 6.45) is 0. The zero-order valence-corrected chi connectivity index (χ0v) is 6.29. The molecule has 0 fully saturated rings. The van der Waals surface area contributed by atoms with Crippen molar-refractivity contribution >= 4 is 33.0 Å². The monoisotopic (exact) mass is 193 g/mol. The SMILES string of the molecule is ONc1cscc1Br. The highest BCUT2D eigenvalue weighted by Crippen LogP contribution is 2.25. The Morgan fingerprint density at radius 2 is 2.38 bits per heavy atom. The van der Waals surface area contributed by atoms with E-state index in [0.29, 0.717) is 0 Å². The first-order chi connectivity index (χ1) is 3.84. The Labute approximate surface area is 59.2 Å². The molecule has 1 aromatic rings. The van der Waals surface area contributed by atoms with E-state index in [1.165, 1.54) is 11.3 Å². The molecular formula is C4H4BrNOS. The number of halogens is 1. The van der Waals surface area contributed by atoms with Crippen molar-refractivity contribution in [3.8, 4) is 0 Å². The Morgan fingerprint density at radius 1 is 1.62 bits per heavy atom. The summed E-state index contributed by atoms with van der Waals surface area (Å²) < 4.78 is 0.894. The molecule has 0 spiro atoms. The molecule has 44 valence electrons. The zero-order valence-electron chi connectivity index (χ0n) is 3.89. The van der Waals surface area contributed by atoms with Gasteiger partial charge in [-0.05, 0) is 15.9 Å². The highest BCUT2D eigenvalue weighted by atomic mass is 79.9. The molecule has 1 heterocycles. The van der Waals surface area contributed by atoms with Crippen molar-refractivity contribution in [2.45, 2.75) is 0 Å². The quantitative estimate of drug-likeness (QED) is 0.672. The van der Waals surface area contributed by atoms with E-state index >= 15 is 0 Å². The van der Waals surface area contributed by atoms with Gasteiger partial charge in [0.15, 0.2) is 0 Å². The average molecular weight is 194 g/mol. The Morgan fingerprint density at radius 3 is 2.62 bits per heavy atom. The van der Waals surface area contributed by atoms with E-state index in [2.05, 4.69) is 15.9 Å². The molecule has 0 radical (unpaired) electrons. The molecule has 0 atom stereocenters. The fourth-order valence-electron chi connectivity index (χ4n) is 0.361. The predicted octanol–water partition coefficient (Wildman–Crippen LogP) is 2.31. The molecule has 1 rings (SSSR count). The summed E-state index contributed by atoms with van der Waals surface area (Å²) >= 11 is 4.74. The minimum absolute atomic E-state index is 0.718. The van der Waals surface area contributed by atoms with Crippen molar-refractivity contribution < 1.29 is 5.21 Å². The molecule has 0 unspecified atom stereocenters. The Kier molecular flexibility index (Phi) is 1.88. The largest absolute Gasteiger partial charge is 0.291 e. The first-order valence-electron chi connectivity index (χ1n) is 1.96. The van der Waals surface area contributed by atoms with Crippen molar-refractivity contribution in [1.29, 1.82) is 0 Å². The minimum atomic E-state index is 0.718. The van der Waals surface area contributed by atoms with Crippen LogP contribution < -0.4 is 5.48 Å². The van der Waals surface area contributed by atoms with Crippen molar-refractivity contribution in [3.05, 3.63) is 15.2 Å². The van der Waals surface area contributed by atoms with Crippen LogP contribution >= 0.6 is 27.3 Å². The van der Waals surface area contributed by atoms with E-state index < -0.39 is 0 Å². The summed E-state index contributed by atoms with van der Waals surface area (Å²) in [4.78, 5) is 0. The van der Waals surface area contributed by atoms with Crippen molar-refractivity contribution in [2.24, 2.45) is 0 Å². The van der Waals surface area contributed by atoms with Gasteiger partial charge in [0.25, 0.3) is 0 Å². The zero-order chi connectivity index (χ0) is 5.98. The minimum Gasteiger partial charge on any atom is -0.291 e. The summed E-state index contributed by atoms with van der Waals surface area (Å²) in [7, 11) is 0. The normalized spacial score (nSPS) is 9.25. The molecule has 0 aliphatic heterocycles. The second kappa shape index (κ2) is 2.48. The van der Waals surface area contributed by atoms with Crippen LogP contribution in [0.15, 0.2) is 15.2 Å². The summed E-state index contributed by atoms with van der Waals surface area (Å²) in [6.45, 7) is 0. The fraction of sp³-hybridized carbons (Fsp3) is 0. The van der Waals surface area contributed by atoms with Crippen LogP contribution in [0.3, 0.4) is 0 Å². The smallest absolute Gasteiger partial charge is 0.0851 e. The maximum atomic E-state index is 8.33. The highest BCUT2D eigenvalue weighted by Gasteiger charge is 1.94. The molecule has 0 bridgehead atoms. The molecular weight excluding hydrogens is 190 g/mol. The molecule has 8 heavy (non-hydrogen) atoms. The van der Waals surface area contributed by atoms with Gasteiger partial charge in [0.2, 0.25) is 0 Å². The number of nitrogens with one attached hydrogen (secondary N) is 1. The van der Waals surface area contributed by atoms with E-state index in [-0.39, 0.29) is 0 Å². The molecule has 0 saturated carbocycles. The van der Waals surface area contributed by atoms with Crippen LogP contribution in [0.4, 0.5) is 5.69 Å². The maximum Gasteiger partial charge on any atom is 0.0851 e. The van der Waals surface area contributed by atoms with Gasteiger partial charge >= 0.3 is 0 Å². The first-order valence-corrected chi connectivity index (χ1v) is 3.70. The molecule has 4 heteroatoms. The molecule has 0 aromatic carbocycles. The second-order valence-corrected chi connectivity index (χ2v) is 2.84. The van der Waals surface area contributed by atoms with Crippen LogP contribution in [0.5, 0.6) is 0 Å². The van der Waals surface area contributed by atoms with Gasteiger partial charge < -0.3 is 0 Å². The van der Waals surface area contributed by atoms with Gasteiger partial charge in [-0.1, -0.05) is 0 Å². The fourth-order valence-corrected chi connectivity index (χ4v) is 1.67. The Bertz CT molecular complexity index is 176. The van der Waals surface area contributed by atoms with Gasteiger partial charge in [0, 0.05) is 10.8 Å². The number of rotatable bonds is 1.